The second kappa shape index (κ2) is 7.93. The van der Waals surface area contributed by atoms with Gasteiger partial charge in [0.1, 0.15) is 0 Å². The molecule has 2 nitrogen and oxygen atoms in total. The quantitative estimate of drug-likeness (QED) is 0.719. The molecule has 0 heterocycles. The molecule has 0 radical (unpaired) electrons. The molecule has 0 bridgehead atoms. The molecule has 1 unspecified atom stereocenters. The van der Waals surface area contributed by atoms with Crippen LogP contribution in [-0.2, 0) is 4.43 Å². The van der Waals surface area contributed by atoms with Crippen LogP contribution in [0.3, 0.4) is 0 Å². The van der Waals surface area contributed by atoms with E-state index in [0.29, 0.717) is 0 Å². The fraction of sp³-hybridized carbons (Fsp3) is 0.333. The molecule has 0 N–H and O–H groups in total. The van der Waals surface area contributed by atoms with E-state index in [1.165, 1.54) is 15.9 Å². The van der Waals surface area contributed by atoms with E-state index >= 15 is 0 Å². The number of allylic oxidation sites excluding steroid dienone is 1. The average molecular weight is 340 g/mol. The van der Waals surface area contributed by atoms with E-state index in [2.05, 4.69) is 94.0 Å². The predicted molar refractivity (Wildman–Crippen MR) is 108 cm³/mol. The maximum absolute atomic E-state index is 6.70. The van der Waals surface area contributed by atoms with Crippen molar-refractivity contribution < 1.29 is 4.43 Å². The molecule has 0 saturated carbocycles. The summed E-state index contributed by atoms with van der Waals surface area (Å²) in [6, 6.07) is 19.4. The van der Waals surface area contributed by atoms with Crippen molar-refractivity contribution in [3.8, 4) is 0 Å². The predicted octanol–water partition coefficient (Wildman–Crippen LogP) is 2.91. The molecule has 3 heteroatoms. The molecule has 0 aliphatic carbocycles. The minimum absolute atomic E-state index is 0.191. The summed E-state index contributed by atoms with van der Waals surface area (Å²) >= 11 is 0. The Kier molecular flexibility index (Phi) is 6.16. The first-order chi connectivity index (χ1) is 11.3. The molecule has 0 aliphatic rings. The number of hydrogen-bond acceptors (Lipinski definition) is 2. The first kappa shape index (κ1) is 18.7. The van der Waals surface area contributed by atoms with Gasteiger partial charge in [-0.05, 0) is 50.8 Å². The zero-order valence-corrected chi connectivity index (χ0v) is 16.7. The highest BCUT2D eigenvalue weighted by Crippen LogP contribution is 2.14. The zero-order valence-electron chi connectivity index (χ0n) is 15.5. The third-order valence-electron chi connectivity index (χ3n) is 3.94. The van der Waals surface area contributed by atoms with Crippen molar-refractivity contribution in [2.45, 2.75) is 26.4 Å². The lowest BCUT2D eigenvalue weighted by Crippen LogP contribution is -2.52. The molecule has 0 aliphatic heterocycles. The van der Waals surface area contributed by atoms with Gasteiger partial charge in [0.15, 0.2) is 0 Å². The van der Waals surface area contributed by atoms with Crippen molar-refractivity contribution in [3.63, 3.8) is 0 Å². The van der Waals surface area contributed by atoms with E-state index in [9.17, 15) is 0 Å². The van der Waals surface area contributed by atoms with Crippen LogP contribution >= 0.6 is 0 Å². The highest BCUT2D eigenvalue weighted by molar-refractivity contribution is 6.80. The standard InChI is InChI=1S/C21H29NOSi/c1-17(2)18-12-14-20(15-13-18)24(19-10-8-7-9-11-19)23-21(3,4)16-22(5)6/h7-15,24H,1,16H2,2-6H3. The van der Waals surface area contributed by atoms with Gasteiger partial charge in [0.05, 0.1) is 5.60 Å². The lowest BCUT2D eigenvalue weighted by atomic mass is 10.1. The minimum Gasteiger partial charge on any atom is -0.405 e. The number of rotatable bonds is 7. The lowest BCUT2D eigenvalue weighted by Gasteiger charge is -2.33. The number of nitrogens with zero attached hydrogens (tertiary/aromatic N) is 1. The van der Waals surface area contributed by atoms with Crippen LogP contribution < -0.4 is 10.4 Å². The Morgan fingerprint density at radius 2 is 1.54 bits per heavy atom. The largest absolute Gasteiger partial charge is 0.405 e. The van der Waals surface area contributed by atoms with Gasteiger partial charge in [0.2, 0.25) is 9.04 Å². The molecule has 0 fully saturated rings. The molecule has 0 spiro atoms. The number of hydrogen-bond donors (Lipinski definition) is 0. The van der Waals surface area contributed by atoms with Crippen molar-refractivity contribution in [2.75, 3.05) is 20.6 Å². The molecule has 1 atom stereocenters. The van der Waals surface area contributed by atoms with Crippen LogP contribution in [0, 0.1) is 0 Å². The van der Waals surface area contributed by atoms with Gasteiger partial charge in [-0.3, -0.25) is 0 Å². The Balaban J connectivity index is 2.35. The second-order valence-electron chi connectivity index (χ2n) is 7.31. The first-order valence-electron chi connectivity index (χ1n) is 8.42. The van der Waals surface area contributed by atoms with Gasteiger partial charge in [-0.2, -0.15) is 0 Å². The molecule has 2 rings (SSSR count). The molecule has 0 saturated heterocycles. The van der Waals surface area contributed by atoms with E-state index in [-0.39, 0.29) is 5.60 Å². The summed E-state index contributed by atoms with van der Waals surface area (Å²) in [5.41, 5.74) is 2.09. The van der Waals surface area contributed by atoms with Crippen molar-refractivity contribution in [3.05, 3.63) is 66.7 Å². The van der Waals surface area contributed by atoms with Crippen LogP contribution in [0.5, 0.6) is 0 Å². The second-order valence-corrected chi connectivity index (χ2v) is 9.64. The van der Waals surface area contributed by atoms with Gasteiger partial charge in [0.25, 0.3) is 0 Å². The van der Waals surface area contributed by atoms with Crippen LogP contribution in [0.2, 0.25) is 0 Å². The van der Waals surface area contributed by atoms with Crippen molar-refractivity contribution in [2.24, 2.45) is 0 Å². The van der Waals surface area contributed by atoms with Crippen LogP contribution in [0.25, 0.3) is 5.57 Å². The molecule has 0 amide bonds. The Morgan fingerprint density at radius 3 is 2.04 bits per heavy atom. The van der Waals surface area contributed by atoms with E-state index < -0.39 is 9.04 Å². The lowest BCUT2D eigenvalue weighted by molar-refractivity contribution is 0.0803. The van der Waals surface area contributed by atoms with E-state index in [1.54, 1.807) is 0 Å². The zero-order chi connectivity index (χ0) is 17.7. The Bertz CT molecular complexity index is 662. The van der Waals surface area contributed by atoms with E-state index in [4.69, 9.17) is 4.43 Å². The molecule has 2 aromatic rings. The van der Waals surface area contributed by atoms with Crippen LogP contribution in [-0.4, -0.2) is 40.2 Å². The molecular weight excluding hydrogens is 310 g/mol. The fourth-order valence-electron chi connectivity index (χ4n) is 3.02. The molecule has 2 aromatic carbocycles. The van der Waals surface area contributed by atoms with Crippen molar-refractivity contribution in [1.29, 1.82) is 0 Å². The van der Waals surface area contributed by atoms with Gasteiger partial charge in [0, 0.05) is 6.54 Å². The molecular formula is C21H29NOSi. The highest BCUT2D eigenvalue weighted by atomic mass is 28.3. The minimum atomic E-state index is -1.74. The summed E-state index contributed by atoms with van der Waals surface area (Å²) in [5, 5.41) is 2.62. The van der Waals surface area contributed by atoms with Crippen LogP contribution in [0.15, 0.2) is 61.2 Å². The maximum Gasteiger partial charge on any atom is 0.240 e. The van der Waals surface area contributed by atoms with Gasteiger partial charge in [-0.15, -0.1) is 0 Å². The third kappa shape index (κ3) is 5.16. The van der Waals surface area contributed by atoms with E-state index in [1.807, 2.05) is 6.92 Å². The van der Waals surface area contributed by atoms with Gasteiger partial charge in [-0.25, -0.2) is 0 Å². The number of benzene rings is 2. The average Bonchev–Trinajstić information content (AvgIpc) is 2.52. The monoisotopic (exact) mass is 339 g/mol. The van der Waals surface area contributed by atoms with Crippen molar-refractivity contribution >= 4 is 25.0 Å². The summed E-state index contributed by atoms with van der Waals surface area (Å²) in [4.78, 5) is 2.18. The Hall–Kier alpha value is -1.68. The normalized spacial score (nSPS) is 13.1. The maximum atomic E-state index is 6.70. The topological polar surface area (TPSA) is 12.5 Å². The smallest absolute Gasteiger partial charge is 0.240 e. The van der Waals surface area contributed by atoms with E-state index in [0.717, 1.165) is 12.1 Å². The third-order valence-corrected chi connectivity index (χ3v) is 6.80. The molecule has 0 aromatic heterocycles. The fourth-order valence-corrected chi connectivity index (χ4v) is 5.50. The summed E-state index contributed by atoms with van der Waals surface area (Å²) in [6.07, 6.45) is 0. The summed E-state index contributed by atoms with van der Waals surface area (Å²) < 4.78 is 6.70. The van der Waals surface area contributed by atoms with Gasteiger partial charge >= 0.3 is 0 Å². The summed E-state index contributed by atoms with van der Waals surface area (Å²) in [5.74, 6) is 0. The SMILES string of the molecule is C=C(C)c1ccc([SiH](OC(C)(C)CN(C)C)c2ccccc2)cc1. The highest BCUT2D eigenvalue weighted by Gasteiger charge is 2.28. The van der Waals surface area contributed by atoms with Crippen molar-refractivity contribution in [1.82, 2.24) is 4.90 Å². The van der Waals surface area contributed by atoms with Crippen LogP contribution in [0.4, 0.5) is 0 Å². The van der Waals surface area contributed by atoms with Crippen LogP contribution in [0.1, 0.15) is 26.3 Å². The van der Waals surface area contributed by atoms with Gasteiger partial charge < -0.3 is 9.33 Å². The Labute approximate surface area is 148 Å². The molecule has 128 valence electrons. The van der Waals surface area contributed by atoms with Gasteiger partial charge in [-0.1, -0.05) is 66.7 Å². The molecule has 24 heavy (non-hydrogen) atoms. The summed E-state index contributed by atoms with van der Waals surface area (Å²) in [7, 11) is 2.44. The number of likely N-dealkylation sites (N-methyl/N-ethyl adjacent to an activating group) is 1. The Morgan fingerprint density at radius 1 is 1.00 bits per heavy atom. The first-order valence-corrected chi connectivity index (χ1v) is 10.0. The summed E-state index contributed by atoms with van der Waals surface area (Å²) in [6.45, 7) is 11.3.